The summed E-state index contributed by atoms with van der Waals surface area (Å²) in [5.41, 5.74) is 2.98. The van der Waals surface area contributed by atoms with Gasteiger partial charge in [0.2, 0.25) is 5.91 Å². The smallest absolute Gasteiger partial charge is 0.223 e. The molecule has 1 aromatic rings. The van der Waals surface area contributed by atoms with Crippen molar-refractivity contribution in [2.45, 2.75) is 81.5 Å². The number of benzene rings is 1. The maximum absolute atomic E-state index is 12.7. The van der Waals surface area contributed by atoms with E-state index in [1.54, 1.807) is 0 Å². The molecule has 0 aromatic heterocycles. The lowest BCUT2D eigenvalue weighted by molar-refractivity contribution is -0.154. The molecule has 1 amide bonds. The largest absolute Gasteiger partial charge is 0.493 e. The fraction of sp³-hybridized carbons (Fsp3) is 0.708. The number of carbonyl (C=O) groups excluding carboxylic acids is 1. The van der Waals surface area contributed by atoms with Gasteiger partial charge in [-0.25, -0.2) is 0 Å². The molecule has 3 aliphatic carbocycles. The second-order valence-electron chi connectivity index (χ2n) is 10.1. The van der Waals surface area contributed by atoms with Gasteiger partial charge in [0.1, 0.15) is 5.75 Å². The molecule has 1 aromatic carbocycles. The molecule has 2 heterocycles. The highest BCUT2D eigenvalue weighted by Crippen LogP contribution is 2.55. The van der Waals surface area contributed by atoms with Crippen molar-refractivity contribution in [3.63, 3.8) is 0 Å². The highest BCUT2D eigenvalue weighted by atomic mass is 16.5. The van der Waals surface area contributed by atoms with Crippen LogP contribution in [0, 0.1) is 5.92 Å². The monoisotopic (exact) mass is 396 g/mol. The van der Waals surface area contributed by atoms with Crippen LogP contribution in [0.2, 0.25) is 0 Å². The van der Waals surface area contributed by atoms with Crippen LogP contribution in [-0.4, -0.2) is 47.7 Å². The lowest BCUT2D eigenvalue weighted by Crippen LogP contribution is -2.62. The Morgan fingerprint density at radius 2 is 2.17 bits per heavy atom. The molecular formula is C24H32N2O3. The Bertz CT molecular complexity index is 820. The molecule has 1 spiro atoms. The van der Waals surface area contributed by atoms with E-state index in [-0.39, 0.29) is 23.1 Å². The number of morpholine rings is 1. The summed E-state index contributed by atoms with van der Waals surface area (Å²) >= 11 is 0. The van der Waals surface area contributed by atoms with E-state index in [2.05, 4.69) is 28.4 Å². The fourth-order valence-corrected chi connectivity index (χ4v) is 6.27. The normalized spacial score (nSPS) is 34.2. The first-order chi connectivity index (χ1) is 14.1. The predicted molar refractivity (Wildman–Crippen MR) is 110 cm³/mol. The number of nitrogens with one attached hydrogen (secondary N) is 1. The maximum Gasteiger partial charge on any atom is 0.223 e. The fourth-order valence-electron chi connectivity index (χ4n) is 6.27. The summed E-state index contributed by atoms with van der Waals surface area (Å²) in [7, 11) is 0. The van der Waals surface area contributed by atoms with Crippen LogP contribution in [0.25, 0.3) is 0 Å². The van der Waals surface area contributed by atoms with Gasteiger partial charge in [0.05, 0.1) is 25.7 Å². The van der Waals surface area contributed by atoms with Crippen molar-refractivity contribution < 1.29 is 14.3 Å². The third-order valence-corrected chi connectivity index (χ3v) is 8.31. The summed E-state index contributed by atoms with van der Waals surface area (Å²) in [5, 5.41) is 3.36. The van der Waals surface area contributed by atoms with Gasteiger partial charge < -0.3 is 14.8 Å². The number of fused-ring (bicyclic) bond motifs is 2. The average molecular weight is 397 g/mol. The van der Waals surface area contributed by atoms with Crippen molar-refractivity contribution in [1.29, 1.82) is 0 Å². The molecule has 5 nitrogen and oxygen atoms in total. The summed E-state index contributed by atoms with van der Waals surface area (Å²) in [4.78, 5) is 15.3. The van der Waals surface area contributed by atoms with Crippen LogP contribution in [0.3, 0.4) is 0 Å². The molecule has 3 atom stereocenters. The molecular weight excluding hydrogens is 364 g/mol. The number of nitrogens with zero attached hydrogens (tertiary/aromatic N) is 1. The molecule has 3 saturated carbocycles. The minimum absolute atomic E-state index is 0.00176. The quantitative estimate of drug-likeness (QED) is 0.831. The lowest BCUT2D eigenvalue weighted by atomic mass is 9.74. The topological polar surface area (TPSA) is 50.8 Å². The zero-order valence-electron chi connectivity index (χ0n) is 17.3. The highest BCUT2D eigenvalue weighted by molar-refractivity contribution is 5.78. The van der Waals surface area contributed by atoms with Gasteiger partial charge in [0.15, 0.2) is 0 Å². The van der Waals surface area contributed by atoms with E-state index in [0.29, 0.717) is 6.42 Å². The summed E-state index contributed by atoms with van der Waals surface area (Å²) in [6.45, 7) is 3.34. The molecule has 4 fully saturated rings. The number of ether oxygens (including phenoxy) is 2. The standard InChI is InChI=1S/C24H32N2O3/c27-22(25-24-9-1-3-19(24)13-24)12-20-15-26(23(16-29-20)7-2-8-23)14-17-4-5-18-6-10-28-21(18)11-17/h4-5,11,19-20H,1-3,6-10,12-16H2,(H,25,27)/t19-,20?,24-/m1/s1. The molecule has 2 aliphatic heterocycles. The van der Waals surface area contributed by atoms with Crippen LogP contribution in [0.5, 0.6) is 5.75 Å². The molecule has 1 N–H and O–H groups in total. The number of hydrogen-bond donors (Lipinski definition) is 1. The van der Waals surface area contributed by atoms with Crippen LogP contribution in [0.1, 0.15) is 62.5 Å². The van der Waals surface area contributed by atoms with Crippen LogP contribution in [0.15, 0.2) is 18.2 Å². The molecule has 0 radical (unpaired) electrons. The van der Waals surface area contributed by atoms with Crippen molar-refractivity contribution >= 4 is 5.91 Å². The van der Waals surface area contributed by atoms with Gasteiger partial charge in [0.25, 0.3) is 0 Å². The van der Waals surface area contributed by atoms with Gasteiger partial charge in [0, 0.05) is 30.6 Å². The van der Waals surface area contributed by atoms with Gasteiger partial charge >= 0.3 is 0 Å². The minimum atomic E-state index is 0.00176. The Morgan fingerprint density at radius 3 is 2.93 bits per heavy atom. The van der Waals surface area contributed by atoms with Crippen LogP contribution in [0.4, 0.5) is 0 Å². The minimum Gasteiger partial charge on any atom is -0.493 e. The molecule has 0 bridgehead atoms. The predicted octanol–water partition coefficient (Wildman–Crippen LogP) is 3.19. The Kier molecular flexibility index (Phi) is 4.21. The molecule has 5 aliphatic rings. The van der Waals surface area contributed by atoms with E-state index in [0.717, 1.165) is 44.4 Å². The molecule has 5 heteroatoms. The van der Waals surface area contributed by atoms with E-state index in [9.17, 15) is 4.79 Å². The number of rotatable bonds is 5. The second kappa shape index (κ2) is 6.71. The van der Waals surface area contributed by atoms with Gasteiger partial charge in [-0.2, -0.15) is 0 Å². The van der Waals surface area contributed by atoms with E-state index >= 15 is 0 Å². The first-order valence-corrected chi connectivity index (χ1v) is 11.6. The number of amides is 1. The van der Waals surface area contributed by atoms with Crippen LogP contribution in [-0.2, 0) is 22.5 Å². The third-order valence-electron chi connectivity index (χ3n) is 8.31. The lowest BCUT2D eigenvalue weighted by Gasteiger charge is -2.54. The van der Waals surface area contributed by atoms with Crippen molar-refractivity contribution in [1.82, 2.24) is 10.2 Å². The SMILES string of the molecule is O=C(CC1CN(Cc2ccc3c(c2)OCC3)C2(CCC2)CO1)N[C@@]12CCC[C@@H]1C2. The second-order valence-corrected chi connectivity index (χ2v) is 10.1. The maximum atomic E-state index is 12.7. The van der Waals surface area contributed by atoms with E-state index in [1.165, 1.54) is 56.1 Å². The zero-order chi connectivity index (χ0) is 19.5. The van der Waals surface area contributed by atoms with Crippen molar-refractivity contribution in [3.05, 3.63) is 29.3 Å². The van der Waals surface area contributed by atoms with Crippen molar-refractivity contribution in [2.24, 2.45) is 5.92 Å². The number of hydrogen-bond acceptors (Lipinski definition) is 4. The van der Waals surface area contributed by atoms with Gasteiger partial charge in [-0.3, -0.25) is 9.69 Å². The Hall–Kier alpha value is -1.59. The Labute approximate surface area is 173 Å². The third kappa shape index (κ3) is 3.17. The zero-order valence-corrected chi connectivity index (χ0v) is 17.3. The molecule has 29 heavy (non-hydrogen) atoms. The first kappa shape index (κ1) is 18.2. The Morgan fingerprint density at radius 1 is 1.24 bits per heavy atom. The molecule has 1 saturated heterocycles. The van der Waals surface area contributed by atoms with Crippen LogP contribution >= 0.6 is 0 Å². The van der Waals surface area contributed by atoms with Gasteiger partial charge in [-0.15, -0.1) is 0 Å². The van der Waals surface area contributed by atoms with Crippen molar-refractivity contribution in [3.8, 4) is 5.75 Å². The summed E-state index contributed by atoms with van der Waals surface area (Å²) in [6.07, 6.45) is 10.1. The van der Waals surface area contributed by atoms with Crippen LogP contribution < -0.4 is 10.1 Å². The van der Waals surface area contributed by atoms with E-state index in [4.69, 9.17) is 9.47 Å². The summed E-state index contributed by atoms with van der Waals surface area (Å²) in [5.74, 6) is 1.99. The first-order valence-electron chi connectivity index (χ1n) is 11.6. The molecule has 1 unspecified atom stereocenters. The average Bonchev–Trinajstić information content (AvgIpc) is 3.02. The Balaban J connectivity index is 1.12. The van der Waals surface area contributed by atoms with E-state index < -0.39 is 0 Å². The van der Waals surface area contributed by atoms with Gasteiger partial charge in [-0.05, 0) is 61.6 Å². The summed E-state index contributed by atoms with van der Waals surface area (Å²) < 4.78 is 12.0. The molecule has 6 rings (SSSR count). The molecule has 156 valence electrons. The van der Waals surface area contributed by atoms with E-state index in [1.807, 2.05) is 0 Å². The van der Waals surface area contributed by atoms with Gasteiger partial charge in [-0.1, -0.05) is 18.6 Å². The highest BCUT2D eigenvalue weighted by Gasteiger charge is 2.57. The summed E-state index contributed by atoms with van der Waals surface area (Å²) in [6, 6.07) is 6.70. The van der Waals surface area contributed by atoms with Crippen molar-refractivity contribution in [2.75, 3.05) is 19.8 Å². The number of carbonyl (C=O) groups is 1.